The number of carbonyl (C=O) groups is 1. The first-order valence-corrected chi connectivity index (χ1v) is 14.6. The quantitative estimate of drug-likeness (QED) is 0.246. The number of nitrogens with one attached hydrogen (secondary N) is 1. The highest BCUT2D eigenvalue weighted by Crippen LogP contribution is 2.31. The molecule has 3 aromatic rings. The second kappa shape index (κ2) is 12.0. The summed E-state index contributed by atoms with van der Waals surface area (Å²) in [7, 11) is -3.65. The molecule has 0 fully saturated rings. The Morgan fingerprint density at radius 3 is 2.59 bits per heavy atom. The molecule has 0 bridgehead atoms. The molecule has 0 aliphatic heterocycles. The van der Waals surface area contributed by atoms with Gasteiger partial charge in [-0.15, -0.1) is 11.3 Å². The lowest BCUT2D eigenvalue weighted by Gasteiger charge is -2.20. The van der Waals surface area contributed by atoms with Crippen molar-refractivity contribution in [1.82, 2.24) is 9.29 Å². The standard InChI is InChI=1S/C24H31N3O4S3/c1-5-27(6-2)34(29,30)18-13-14-21(31-17(3)4)20(16-18)25-23(28)12-9-15-32-24-26-19-10-7-8-11-22(19)33-24/h7-8,10-11,13-14,16-17H,5-6,9,12,15H2,1-4H3,(H,25,28). The monoisotopic (exact) mass is 521 g/mol. The van der Waals surface area contributed by atoms with Gasteiger partial charge in [-0.1, -0.05) is 37.7 Å². The van der Waals surface area contributed by atoms with E-state index in [9.17, 15) is 13.2 Å². The van der Waals surface area contributed by atoms with Crippen LogP contribution in [0.2, 0.25) is 0 Å². The third-order valence-corrected chi connectivity index (χ3v) is 9.29. The van der Waals surface area contributed by atoms with Crippen LogP contribution in [0.3, 0.4) is 0 Å². The first-order valence-electron chi connectivity index (χ1n) is 11.3. The molecular formula is C24H31N3O4S3. The van der Waals surface area contributed by atoms with Crippen molar-refractivity contribution < 1.29 is 17.9 Å². The summed E-state index contributed by atoms with van der Waals surface area (Å²) in [5.41, 5.74) is 1.36. The van der Waals surface area contributed by atoms with Gasteiger partial charge in [0.1, 0.15) is 5.75 Å². The number of rotatable bonds is 12. The zero-order valence-electron chi connectivity index (χ0n) is 19.9. The molecule has 0 saturated carbocycles. The van der Waals surface area contributed by atoms with Gasteiger partial charge in [0.25, 0.3) is 0 Å². The van der Waals surface area contributed by atoms with Crippen molar-refractivity contribution in [2.75, 3.05) is 24.2 Å². The van der Waals surface area contributed by atoms with E-state index in [1.807, 2.05) is 32.0 Å². The first-order chi connectivity index (χ1) is 16.2. The predicted molar refractivity (Wildman–Crippen MR) is 141 cm³/mol. The van der Waals surface area contributed by atoms with Crippen LogP contribution in [0, 0.1) is 0 Å². The van der Waals surface area contributed by atoms with Gasteiger partial charge in [0.15, 0.2) is 4.34 Å². The molecule has 1 N–H and O–H groups in total. The summed E-state index contributed by atoms with van der Waals surface area (Å²) in [6.07, 6.45) is 0.863. The zero-order chi connectivity index (χ0) is 24.7. The Kier molecular flexibility index (Phi) is 9.35. The van der Waals surface area contributed by atoms with Crippen LogP contribution in [0.25, 0.3) is 10.2 Å². The van der Waals surface area contributed by atoms with Crippen LogP contribution in [0.15, 0.2) is 51.7 Å². The number of carbonyl (C=O) groups excluding carboxylic acids is 1. The number of hydrogen-bond acceptors (Lipinski definition) is 7. The van der Waals surface area contributed by atoms with E-state index in [2.05, 4.69) is 16.4 Å². The van der Waals surface area contributed by atoms with E-state index in [0.717, 1.165) is 20.3 Å². The lowest BCUT2D eigenvalue weighted by Crippen LogP contribution is -2.30. The average molecular weight is 522 g/mol. The number of thioether (sulfide) groups is 1. The zero-order valence-corrected chi connectivity index (χ0v) is 22.4. The van der Waals surface area contributed by atoms with Crippen LogP contribution in [0.4, 0.5) is 5.69 Å². The molecule has 10 heteroatoms. The Morgan fingerprint density at radius 1 is 1.18 bits per heavy atom. The predicted octanol–water partition coefficient (Wildman–Crippen LogP) is 5.63. The van der Waals surface area contributed by atoms with Crippen LogP contribution in [0.1, 0.15) is 40.5 Å². The molecule has 1 heterocycles. The molecule has 0 radical (unpaired) electrons. The summed E-state index contributed by atoms with van der Waals surface area (Å²) in [6, 6.07) is 12.6. The highest BCUT2D eigenvalue weighted by atomic mass is 32.2. The van der Waals surface area contributed by atoms with Gasteiger partial charge in [-0.05, 0) is 50.6 Å². The molecule has 1 aromatic heterocycles. The van der Waals surface area contributed by atoms with Crippen molar-refractivity contribution in [3.8, 4) is 5.75 Å². The molecule has 0 aliphatic carbocycles. The van der Waals surface area contributed by atoms with E-state index in [-0.39, 0.29) is 16.9 Å². The average Bonchev–Trinajstić information content (AvgIpc) is 3.21. The Bertz CT molecular complexity index is 1190. The minimum Gasteiger partial charge on any atom is -0.489 e. The van der Waals surface area contributed by atoms with Gasteiger partial charge in [0.05, 0.1) is 26.9 Å². The number of anilines is 1. The van der Waals surface area contributed by atoms with Crippen molar-refractivity contribution in [3.63, 3.8) is 0 Å². The third-order valence-electron chi connectivity index (χ3n) is 4.98. The minimum absolute atomic E-state index is 0.119. The number of nitrogens with zero attached hydrogens (tertiary/aromatic N) is 2. The summed E-state index contributed by atoms with van der Waals surface area (Å²) < 4.78 is 35.2. The van der Waals surface area contributed by atoms with Gasteiger partial charge in [0.2, 0.25) is 15.9 Å². The smallest absolute Gasteiger partial charge is 0.243 e. The molecule has 3 rings (SSSR count). The van der Waals surface area contributed by atoms with Crippen molar-refractivity contribution in [3.05, 3.63) is 42.5 Å². The van der Waals surface area contributed by atoms with E-state index in [1.165, 1.54) is 16.4 Å². The normalized spacial score (nSPS) is 11.9. The van der Waals surface area contributed by atoms with Crippen molar-refractivity contribution in [2.24, 2.45) is 0 Å². The molecule has 0 aliphatic rings. The maximum absolute atomic E-state index is 12.9. The van der Waals surface area contributed by atoms with Gasteiger partial charge in [-0.3, -0.25) is 4.79 Å². The minimum atomic E-state index is -3.65. The van der Waals surface area contributed by atoms with E-state index < -0.39 is 10.0 Å². The van der Waals surface area contributed by atoms with Gasteiger partial charge in [0, 0.05) is 25.3 Å². The number of para-hydroxylation sites is 1. The number of benzene rings is 2. The van der Waals surface area contributed by atoms with Crippen LogP contribution in [-0.4, -0.2) is 48.6 Å². The van der Waals surface area contributed by atoms with Gasteiger partial charge < -0.3 is 10.1 Å². The maximum Gasteiger partial charge on any atom is 0.243 e. The molecule has 0 unspecified atom stereocenters. The SMILES string of the molecule is CCN(CC)S(=O)(=O)c1ccc(OC(C)C)c(NC(=O)CCCSc2nc3ccccc3s2)c1. The fourth-order valence-corrected chi connectivity index (χ4v) is 6.92. The highest BCUT2D eigenvalue weighted by Gasteiger charge is 2.23. The molecule has 184 valence electrons. The van der Waals surface area contributed by atoms with E-state index >= 15 is 0 Å². The van der Waals surface area contributed by atoms with Crippen molar-refractivity contribution in [1.29, 1.82) is 0 Å². The Labute approximate surface area is 210 Å². The number of hydrogen-bond donors (Lipinski definition) is 1. The van der Waals surface area contributed by atoms with Crippen molar-refractivity contribution >= 4 is 54.9 Å². The summed E-state index contributed by atoms with van der Waals surface area (Å²) in [4.78, 5) is 17.4. The fourth-order valence-electron chi connectivity index (χ4n) is 3.35. The molecule has 34 heavy (non-hydrogen) atoms. The molecule has 0 spiro atoms. The third kappa shape index (κ3) is 6.71. The van der Waals surface area contributed by atoms with E-state index in [4.69, 9.17) is 4.74 Å². The Morgan fingerprint density at radius 2 is 1.91 bits per heavy atom. The van der Waals surface area contributed by atoms with Crippen LogP contribution < -0.4 is 10.1 Å². The fraction of sp³-hybridized carbons (Fsp3) is 0.417. The van der Waals surface area contributed by atoms with Crippen LogP contribution in [0.5, 0.6) is 5.75 Å². The Balaban J connectivity index is 1.64. The molecule has 0 atom stereocenters. The number of amides is 1. The van der Waals surface area contributed by atoms with Gasteiger partial charge in [-0.25, -0.2) is 13.4 Å². The lowest BCUT2D eigenvalue weighted by atomic mass is 10.2. The second-order valence-corrected chi connectivity index (χ2v) is 12.2. The largest absolute Gasteiger partial charge is 0.489 e. The molecular weight excluding hydrogens is 490 g/mol. The molecule has 2 aromatic carbocycles. The lowest BCUT2D eigenvalue weighted by molar-refractivity contribution is -0.116. The number of fused-ring (bicyclic) bond motifs is 1. The molecule has 7 nitrogen and oxygen atoms in total. The highest BCUT2D eigenvalue weighted by molar-refractivity contribution is 8.01. The van der Waals surface area contributed by atoms with Gasteiger partial charge in [-0.2, -0.15) is 4.31 Å². The summed E-state index contributed by atoms with van der Waals surface area (Å²) in [6.45, 7) is 8.10. The second-order valence-electron chi connectivity index (χ2n) is 7.86. The first kappa shape index (κ1) is 26.5. The van der Waals surface area contributed by atoms with E-state index in [1.54, 1.807) is 43.0 Å². The van der Waals surface area contributed by atoms with Gasteiger partial charge >= 0.3 is 0 Å². The topological polar surface area (TPSA) is 88.6 Å². The number of thiazole rings is 1. The van der Waals surface area contributed by atoms with Crippen molar-refractivity contribution in [2.45, 2.75) is 55.9 Å². The number of ether oxygens (including phenoxy) is 1. The van der Waals surface area contributed by atoms with E-state index in [0.29, 0.717) is 37.4 Å². The summed E-state index contributed by atoms with van der Waals surface area (Å²) >= 11 is 3.29. The van der Waals surface area contributed by atoms with Crippen LogP contribution in [-0.2, 0) is 14.8 Å². The molecule has 0 saturated heterocycles. The Hall–Kier alpha value is -2.14. The summed E-state index contributed by atoms with van der Waals surface area (Å²) in [5.74, 6) is 1.03. The molecule has 1 amide bonds. The van der Waals surface area contributed by atoms with Crippen LogP contribution >= 0.6 is 23.1 Å². The summed E-state index contributed by atoms with van der Waals surface area (Å²) in [5, 5.41) is 2.85. The maximum atomic E-state index is 12.9. The number of aromatic nitrogens is 1. The number of sulfonamides is 1.